The molecule has 9 nitrogen and oxygen atoms in total. The molecule has 0 radical (unpaired) electrons. The van der Waals surface area contributed by atoms with Crippen LogP contribution in [0.1, 0.15) is 33.6 Å². The lowest BCUT2D eigenvalue weighted by atomic mass is 10.0. The second kappa shape index (κ2) is 7.59. The molecule has 0 atom stereocenters. The Morgan fingerprint density at radius 1 is 1.42 bits per heavy atom. The summed E-state index contributed by atoms with van der Waals surface area (Å²) in [5, 5.41) is 31.4. The van der Waals surface area contributed by atoms with Gasteiger partial charge in [0.1, 0.15) is 5.60 Å². The highest BCUT2D eigenvalue weighted by Gasteiger charge is 2.27. The van der Waals surface area contributed by atoms with Crippen LogP contribution in [0.3, 0.4) is 0 Å². The van der Waals surface area contributed by atoms with E-state index < -0.39 is 22.0 Å². The number of nitrogens with one attached hydrogen (secondary N) is 2. The van der Waals surface area contributed by atoms with Crippen molar-refractivity contribution < 1.29 is 19.6 Å². The quantitative estimate of drug-likeness (QED) is 0.521. The molecule has 142 valence electrons. The average Bonchev–Trinajstić information content (AvgIpc) is 2.52. The van der Waals surface area contributed by atoms with Gasteiger partial charge in [-0.15, -0.1) is 0 Å². The number of carbonyl (C=O) groups excluding carboxylic acids is 1. The number of hydrogen-bond acceptors (Lipinski definition) is 7. The van der Waals surface area contributed by atoms with Crippen LogP contribution < -0.4 is 5.32 Å². The highest BCUT2D eigenvalue weighted by molar-refractivity contribution is 6.09. The number of rotatable bonds is 3. The van der Waals surface area contributed by atoms with Crippen molar-refractivity contribution in [1.29, 1.82) is 5.41 Å². The van der Waals surface area contributed by atoms with E-state index in [1.165, 1.54) is 6.08 Å². The van der Waals surface area contributed by atoms with Crippen LogP contribution in [0.25, 0.3) is 0 Å². The molecule has 1 fully saturated rings. The highest BCUT2D eigenvalue weighted by atomic mass is 16.6. The predicted molar refractivity (Wildman–Crippen MR) is 95.6 cm³/mol. The molecule has 0 bridgehead atoms. The summed E-state index contributed by atoms with van der Waals surface area (Å²) in [6.07, 6.45) is 4.83. The van der Waals surface area contributed by atoms with Crippen LogP contribution in [0, 0.1) is 15.5 Å². The summed E-state index contributed by atoms with van der Waals surface area (Å²) in [6.45, 7) is 6.56. The van der Waals surface area contributed by atoms with Crippen LogP contribution in [0.15, 0.2) is 35.4 Å². The maximum absolute atomic E-state index is 12.0. The summed E-state index contributed by atoms with van der Waals surface area (Å²) in [6, 6.07) is 0.0842. The first-order valence-corrected chi connectivity index (χ1v) is 8.37. The summed E-state index contributed by atoms with van der Waals surface area (Å²) >= 11 is 0. The first-order valence-electron chi connectivity index (χ1n) is 8.37. The van der Waals surface area contributed by atoms with Gasteiger partial charge in [-0.2, -0.15) is 0 Å². The lowest BCUT2D eigenvalue weighted by Gasteiger charge is -2.33. The third-order valence-corrected chi connectivity index (χ3v) is 3.96. The summed E-state index contributed by atoms with van der Waals surface area (Å²) in [7, 11) is 0. The fourth-order valence-electron chi connectivity index (χ4n) is 2.62. The Labute approximate surface area is 151 Å². The van der Waals surface area contributed by atoms with Gasteiger partial charge in [0.15, 0.2) is 5.76 Å². The molecule has 1 heterocycles. The number of piperidine rings is 1. The Morgan fingerprint density at radius 2 is 2.04 bits per heavy atom. The van der Waals surface area contributed by atoms with E-state index >= 15 is 0 Å². The van der Waals surface area contributed by atoms with E-state index in [4.69, 9.17) is 10.1 Å². The van der Waals surface area contributed by atoms with Crippen molar-refractivity contribution in [2.24, 2.45) is 0 Å². The van der Waals surface area contributed by atoms with E-state index in [1.807, 2.05) is 20.8 Å². The second-order valence-corrected chi connectivity index (χ2v) is 7.24. The SMILES string of the molecule is CC(C)(C)OC(=O)N1CCC(N/C=C2/C=C([N+](=O)[O-])C(O)=CC2=N)CC1. The van der Waals surface area contributed by atoms with Gasteiger partial charge in [0.05, 0.1) is 10.6 Å². The third kappa shape index (κ3) is 5.08. The minimum atomic E-state index is -0.689. The number of nitro groups is 1. The lowest BCUT2D eigenvalue weighted by molar-refractivity contribution is -0.423. The molecule has 0 aromatic rings. The van der Waals surface area contributed by atoms with Crippen LogP contribution in [0.5, 0.6) is 0 Å². The summed E-state index contributed by atoms with van der Waals surface area (Å²) in [5.74, 6) is -0.525. The molecule has 26 heavy (non-hydrogen) atoms. The normalized spacial score (nSPS) is 20.5. The number of carbonyl (C=O) groups is 1. The molecule has 0 saturated carbocycles. The largest absolute Gasteiger partial charge is 0.502 e. The van der Waals surface area contributed by atoms with Crippen LogP contribution >= 0.6 is 0 Å². The van der Waals surface area contributed by atoms with Gasteiger partial charge in [0.25, 0.3) is 0 Å². The summed E-state index contributed by atoms with van der Waals surface area (Å²) < 4.78 is 5.35. The molecule has 0 aromatic heterocycles. The van der Waals surface area contributed by atoms with E-state index in [9.17, 15) is 20.0 Å². The number of hydrogen-bond donors (Lipinski definition) is 3. The molecule has 9 heteroatoms. The van der Waals surface area contributed by atoms with E-state index in [1.54, 1.807) is 11.1 Å². The number of aliphatic hydroxyl groups excluding tert-OH is 1. The molecule has 0 spiro atoms. The van der Waals surface area contributed by atoms with Gasteiger partial charge in [0, 0.05) is 43.1 Å². The molecule has 1 aliphatic carbocycles. The smallest absolute Gasteiger partial charge is 0.410 e. The fourth-order valence-corrected chi connectivity index (χ4v) is 2.62. The fraction of sp³-hybridized carbons (Fsp3) is 0.529. The van der Waals surface area contributed by atoms with Crippen molar-refractivity contribution in [3.63, 3.8) is 0 Å². The minimum absolute atomic E-state index is 0.00760. The number of nitrogens with zero attached hydrogens (tertiary/aromatic N) is 2. The van der Waals surface area contributed by atoms with E-state index in [-0.39, 0.29) is 17.8 Å². The van der Waals surface area contributed by atoms with E-state index in [0.29, 0.717) is 31.5 Å². The number of allylic oxidation sites excluding steroid dienone is 3. The van der Waals surface area contributed by atoms with Crippen molar-refractivity contribution >= 4 is 11.8 Å². The summed E-state index contributed by atoms with van der Waals surface area (Å²) in [5.41, 5.74) is -0.650. The van der Waals surface area contributed by atoms with Crippen LogP contribution in [0.2, 0.25) is 0 Å². The maximum atomic E-state index is 12.0. The number of likely N-dealkylation sites (tertiary alicyclic amines) is 1. The van der Waals surface area contributed by atoms with Gasteiger partial charge >= 0.3 is 11.8 Å². The topological polar surface area (TPSA) is 129 Å². The molecule has 3 N–H and O–H groups in total. The number of ether oxygens (including phenoxy) is 1. The second-order valence-electron chi connectivity index (χ2n) is 7.24. The molecule has 2 rings (SSSR count). The van der Waals surface area contributed by atoms with Crippen molar-refractivity contribution in [2.75, 3.05) is 13.1 Å². The third-order valence-electron chi connectivity index (χ3n) is 3.96. The van der Waals surface area contributed by atoms with Crippen molar-refractivity contribution in [2.45, 2.75) is 45.3 Å². The van der Waals surface area contributed by atoms with Crippen molar-refractivity contribution in [3.8, 4) is 0 Å². The molecule has 1 saturated heterocycles. The molecule has 2 aliphatic rings. The van der Waals surface area contributed by atoms with Gasteiger partial charge in [-0.3, -0.25) is 10.1 Å². The van der Waals surface area contributed by atoms with E-state index in [2.05, 4.69) is 5.32 Å². The first kappa shape index (κ1) is 19.5. The minimum Gasteiger partial charge on any atom is -0.502 e. The standard InChI is InChI=1S/C17H24N4O5/c1-17(2,3)26-16(23)20-6-4-12(5-7-20)19-10-11-8-14(21(24)25)15(22)9-13(11)18/h8-10,12,18-19,22H,4-7H2,1-3H3/b11-10-,18-13?. The molecule has 0 unspecified atom stereocenters. The van der Waals surface area contributed by atoms with E-state index in [0.717, 1.165) is 6.08 Å². The Morgan fingerprint density at radius 3 is 2.58 bits per heavy atom. The Kier molecular flexibility index (Phi) is 5.69. The zero-order chi connectivity index (χ0) is 19.5. The molecular weight excluding hydrogens is 340 g/mol. The van der Waals surface area contributed by atoms with Gasteiger partial charge in [-0.25, -0.2) is 4.79 Å². The highest BCUT2D eigenvalue weighted by Crippen LogP contribution is 2.20. The van der Waals surface area contributed by atoms with Gasteiger partial charge in [-0.1, -0.05) is 0 Å². The Balaban J connectivity index is 1.92. The maximum Gasteiger partial charge on any atom is 0.410 e. The molecular formula is C17H24N4O5. The molecule has 1 amide bonds. The van der Waals surface area contributed by atoms with Gasteiger partial charge in [-0.05, 0) is 33.6 Å². The molecule has 0 aromatic carbocycles. The van der Waals surface area contributed by atoms with Gasteiger partial charge in [0.2, 0.25) is 0 Å². The monoisotopic (exact) mass is 364 g/mol. The van der Waals surface area contributed by atoms with Crippen LogP contribution in [-0.2, 0) is 4.74 Å². The summed E-state index contributed by atoms with van der Waals surface area (Å²) in [4.78, 5) is 23.9. The Bertz CT molecular complexity index is 694. The van der Waals surface area contributed by atoms with Crippen LogP contribution in [0.4, 0.5) is 4.79 Å². The zero-order valence-electron chi connectivity index (χ0n) is 15.1. The Hall–Kier alpha value is -2.84. The lowest BCUT2D eigenvalue weighted by Crippen LogP contribution is -2.45. The number of aliphatic hydroxyl groups is 1. The predicted octanol–water partition coefficient (Wildman–Crippen LogP) is 2.50. The number of amides is 1. The van der Waals surface area contributed by atoms with Crippen molar-refractivity contribution in [1.82, 2.24) is 10.2 Å². The van der Waals surface area contributed by atoms with Crippen molar-refractivity contribution in [3.05, 3.63) is 45.5 Å². The first-order chi connectivity index (χ1) is 12.1. The van der Waals surface area contributed by atoms with Gasteiger partial charge < -0.3 is 25.5 Å². The molecule has 1 aliphatic heterocycles. The van der Waals surface area contributed by atoms with Crippen LogP contribution in [-0.4, -0.2) is 51.5 Å². The zero-order valence-corrected chi connectivity index (χ0v) is 15.1. The average molecular weight is 364 g/mol.